The van der Waals surface area contributed by atoms with Crippen molar-refractivity contribution >= 4 is 23.2 Å². The van der Waals surface area contributed by atoms with E-state index in [-0.39, 0.29) is 24.5 Å². The molecule has 156 valence electrons. The molecule has 0 unspecified atom stereocenters. The number of amides is 2. The van der Waals surface area contributed by atoms with Gasteiger partial charge in [-0.25, -0.2) is 0 Å². The number of nitrogens with zero attached hydrogens (tertiary/aromatic N) is 2. The molecule has 1 aliphatic heterocycles. The van der Waals surface area contributed by atoms with Crippen molar-refractivity contribution in [2.75, 3.05) is 26.2 Å². The van der Waals surface area contributed by atoms with Crippen LogP contribution in [0, 0.1) is 0 Å². The highest BCUT2D eigenvalue weighted by Crippen LogP contribution is 2.22. The Kier molecular flexibility index (Phi) is 7.69. The van der Waals surface area contributed by atoms with Gasteiger partial charge in [0.25, 0.3) is 11.8 Å². The molecule has 1 fully saturated rings. The van der Waals surface area contributed by atoms with Gasteiger partial charge in [-0.3, -0.25) is 9.59 Å². The quantitative estimate of drug-likeness (QED) is 0.649. The molecule has 2 aromatic rings. The fourth-order valence-electron chi connectivity index (χ4n) is 3.72. The molecule has 3 rings (SSSR count). The normalized spacial score (nSPS) is 14.6. The highest BCUT2D eigenvalue weighted by atomic mass is 32.1. The summed E-state index contributed by atoms with van der Waals surface area (Å²) in [5.41, 5.74) is 1.25. The number of ether oxygens (including phenoxy) is 1. The van der Waals surface area contributed by atoms with Gasteiger partial charge in [-0.2, -0.15) is 0 Å². The lowest BCUT2D eigenvalue weighted by atomic mass is 10.0. The van der Waals surface area contributed by atoms with Gasteiger partial charge in [0.2, 0.25) is 0 Å². The first-order chi connectivity index (χ1) is 14.1. The molecule has 5 nitrogen and oxygen atoms in total. The molecule has 0 N–H and O–H groups in total. The predicted molar refractivity (Wildman–Crippen MR) is 117 cm³/mol. The monoisotopic (exact) mass is 414 g/mol. The van der Waals surface area contributed by atoms with Gasteiger partial charge in [0.05, 0.1) is 4.88 Å². The molecule has 0 spiro atoms. The summed E-state index contributed by atoms with van der Waals surface area (Å²) in [7, 11) is 0. The molecule has 0 radical (unpaired) electrons. The molecule has 1 saturated heterocycles. The summed E-state index contributed by atoms with van der Waals surface area (Å²) >= 11 is 1.49. The summed E-state index contributed by atoms with van der Waals surface area (Å²) in [4.78, 5) is 30.0. The number of piperidine rings is 1. The maximum atomic E-state index is 12.9. The third kappa shape index (κ3) is 5.60. The van der Waals surface area contributed by atoms with E-state index in [2.05, 4.69) is 13.8 Å². The number of aryl methyl sites for hydroxylation is 1. The first-order valence-corrected chi connectivity index (χ1v) is 11.3. The van der Waals surface area contributed by atoms with Crippen molar-refractivity contribution in [3.8, 4) is 5.75 Å². The first kappa shape index (κ1) is 21.4. The summed E-state index contributed by atoms with van der Waals surface area (Å²) in [5.74, 6) is 0.848. The van der Waals surface area contributed by atoms with Crippen molar-refractivity contribution < 1.29 is 14.3 Å². The van der Waals surface area contributed by atoms with E-state index in [0.717, 1.165) is 42.9 Å². The van der Waals surface area contributed by atoms with Gasteiger partial charge in [-0.05, 0) is 54.8 Å². The fourth-order valence-corrected chi connectivity index (χ4v) is 4.40. The van der Waals surface area contributed by atoms with E-state index in [4.69, 9.17) is 4.74 Å². The summed E-state index contributed by atoms with van der Waals surface area (Å²) in [6.45, 7) is 6.35. The van der Waals surface area contributed by atoms with Crippen molar-refractivity contribution in [2.24, 2.45) is 0 Å². The van der Waals surface area contributed by atoms with Gasteiger partial charge in [0.15, 0.2) is 6.61 Å². The maximum Gasteiger partial charge on any atom is 0.264 e. The smallest absolute Gasteiger partial charge is 0.264 e. The van der Waals surface area contributed by atoms with Crippen LogP contribution < -0.4 is 4.74 Å². The Morgan fingerprint density at radius 3 is 2.45 bits per heavy atom. The van der Waals surface area contributed by atoms with Crippen LogP contribution in [-0.4, -0.2) is 53.9 Å². The van der Waals surface area contributed by atoms with E-state index in [1.165, 1.54) is 16.9 Å². The molecule has 0 aliphatic carbocycles. The number of likely N-dealkylation sites (tertiary alicyclic amines) is 1. The van der Waals surface area contributed by atoms with Crippen LogP contribution in [0.4, 0.5) is 0 Å². The third-order valence-electron chi connectivity index (χ3n) is 5.41. The molecule has 0 bridgehead atoms. The number of carbonyl (C=O) groups excluding carboxylic acids is 2. The molecule has 0 saturated carbocycles. The van der Waals surface area contributed by atoms with Crippen molar-refractivity contribution in [3.63, 3.8) is 0 Å². The molecule has 29 heavy (non-hydrogen) atoms. The Labute approximate surface area is 177 Å². The second-order valence-electron chi connectivity index (χ2n) is 7.37. The van der Waals surface area contributed by atoms with Crippen LogP contribution in [0.25, 0.3) is 0 Å². The molecule has 1 aromatic heterocycles. The lowest BCUT2D eigenvalue weighted by Crippen LogP contribution is -2.49. The largest absolute Gasteiger partial charge is 0.484 e. The molecular formula is C23H30N2O3S. The predicted octanol–water partition coefficient (Wildman–Crippen LogP) is 4.23. The van der Waals surface area contributed by atoms with E-state index in [1.807, 2.05) is 51.6 Å². The van der Waals surface area contributed by atoms with Crippen LogP contribution >= 0.6 is 11.3 Å². The summed E-state index contributed by atoms with van der Waals surface area (Å²) < 4.78 is 5.67. The molecule has 1 aliphatic rings. The number of hydrogen-bond donors (Lipinski definition) is 0. The fraction of sp³-hybridized carbons (Fsp3) is 0.478. The van der Waals surface area contributed by atoms with Crippen LogP contribution in [0.1, 0.15) is 48.3 Å². The zero-order valence-electron chi connectivity index (χ0n) is 17.3. The minimum atomic E-state index is 0.00893. The number of rotatable bonds is 8. The molecule has 0 atom stereocenters. The first-order valence-electron chi connectivity index (χ1n) is 10.5. The van der Waals surface area contributed by atoms with E-state index in [9.17, 15) is 9.59 Å². The third-order valence-corrected chi connectivity index (χ3v) is 6.27. The molecule has 2 heterocycles. The van der Waals surface area contributed by atoms with Crippen LogP contribution in [0.3, 0.4) is 0 Å². The lowest BCUT2D eigenvalue weighted by Gasteiger charge is -2.38. The molecule has 6 heteroatoms. The second kappa shape index (κ2) is 10.4. The Morgan fingerprint density at radius 2 is 1.86 bits per heavy atom. The zero-order valence-corrected chi connectivity index (χ0v) is 18.1. The topological polar surface area (TPSA) is 49.9 Å². The van der Waals surface area contributed by atoms with E-state index < -0.39 is 0 Å². The minimum absolute atomic E-state index is 0.00893. The lowest BCUT2D eigenvalue weighted by molar-refractivity contribution is -0.134. The SMILES string of the molecule is CCCN(C(=O)c1cccs1)C1CCN(C(=O)COc2ccc(CC)cc2)CC1. The number of benzene rings is 1. The van der Waals surface area contributed by atoms with Gasteiger partial charge in [0.1, 0.15) is 5.75 Å². The van der Waals surface area contributed by atoms with Crippen LogP contribution in [0.2, 0.25) is 0 Å². The van der Waals surface area contributed by atoms with Gasteiger partial charge in [-0.1, -0.05) is 32.0 Å². The Hall–Kier alpha value is -2.34. The van der Waals surface area contributed by atoms with Gasteiger partial charge in [-0.15, -0.1) is 11.3 Å². The summed E-state index contributed by atoms with van der Waals surface area (Å²) in [6, 6.07) is 11.9. The minimum Gasteiger partial charge on any atom is -0.484 e. The molecule has 2 amide bonds. The van der Waals surface area contributed by atoms with Gasteiger partial charge in [0, 0.05) is 25.7 Å². The number of hydrogen-bond acceptors (Lipinski definition) is 4. The summed E-state index contributed by atoms with van der Waals surface area (Å²) in [5, 5.41) is 1.94. The Balaban J connectivity index is 1.50. The number of carbonyl (C=O) groups is 2. The van der Waals surface area contributed by atoms with Crippen molar-refractivity contribution in [2.45, 2.75) is 45.6 Å². The van der Waals surface area contributed by atoms with Gasteiger partial charge < -0.3 is 14.5 Å². The van der Waals surface area contributed by atoms with Crippen molar-refractivity contribution in [1.82, 2.24) is 9.80 Å². The molecule has 1 aromatic carbocycles. The highest BCUT2D eigenvalue weighted by molar-refractivity contribution is 7.12. The molecular weight excluding hydrogens is 384 g/mol. The Morgan fingerprint density at radius 1 is 1.14 bits per heavy atom. The standard InChI is InChI=1S/C23H30N2O3S/c1-3-13-25(23(27)21-6-5-16-29-21)19-11-14-24(15-12-19)22(26)17-28-20-9-7-18(4-2)8-10-20/h5-10,16,19H,3-4,11-15,17H2,1-2H3. The van der Waals surface area contributed by atoms with Crippen molar-refractivity contribution in [1.29, 1.82) is 0 Å². The average molecular weight is 415 g/mol. The van der Waals surface area contributed by atoms with Gasteiger partial charge >= 0.3 is 0 Å². The van der Waals surface area contributed by atoms with Crippen LogP contribution in [-0.2, 0) is 11.2 Å². The van der Waals surface area contributed by atoms with E-state index >= 15 is 0 Å². The highest BCUT2D eigenvalue weighted by Gasteiger charge is 2.30. The van der Waals surface area contributed by atoms with E-state index in [0.29, 0.717) is 13.1 Å². The van der Waals surface area contributed by atoms with Crippen LogP contribution in [0.5, 0.6) is 5.75 Å². The van der Waals surface area contributed by atoms with Crippen molar-refractivity contribution in [3.05, 3.63) is 52.2 Å². The second-order valence-corrected chi connectivity index (χ2v) is 8.32. The zero-order chi connectivity index (χ0) is 20.6. The Bertz CT molecular complexity index is 781. The van der Waals surface area contributed by atoms with Crippen LogP contribution in [0.15, 0.2) is 41.8 Å². The van der Waals surface area contributed by atoms with E-state index in [1.54, 1.807) is 0 Å². The summed E-state index contributed by atoms with van der Waals surface area (Å²) in [6.07, 6.45) is 3.54. The maximum absolute atomic E-state index is 12.9. The number of thiophene rings is 1. The average Bonchev–Trinajstić information content (AvgIpc) is 3.31.